The summed E-state index contributed by atoms with van der Waals surface area (Å²) < 4.78 is 0. The molecule has 1 unspecified atom stereocenters. The summed E-state index contributed by atoms with van der Waals surface area (Å²) in [4.78, 5) is 45.1. The van der Waals surface area contributed by atoms with Crippen LogP contribution in [0.25, 0.3) is 21.3 Å². The number of H-pyrrole nitrogens is 1. The summed E-state index contributed by atoms with van der Waals surface area (Å²) in [5, 5.41) is 8.06. The first-order valence-electron chi connectivity index (χ1n) is 11.9. The number of hydrogen-bond donors (Lipinski definition) is 3. The number of aromatic nitrogens is 2. The van der Waals surface area contributed by atoms with Gasteiger partial charge in [-0.25, -0.2) is 4.98 Å². The third-order valence-corrected chi connectivity index (χ3v) is 8.07. The minimum atomic E-state index is -0.485. The number of nitrogens with zero attached hydrogens (tertiary/aromatic N) is 1. The number of fused-ring (bicyclic) bond motifs is 2. The molecule has 0 aliphatic heterocycles. The molecule has 0 saturated heterocycles. The van der Waals surface area contributed by atoms with Gasteiger partial charge in [0.15, 0.2) is 5.16 Å². The summed E-state index contributed by atoms with van der Waals surface area (Å²) >= 11 is 2.65. The van der Waals surface area contributed by atoms with E-state index < -0.39 is 5.25 Å². The van der Waals surface area contributed by atoms with Crippen LogP contribution in [-0.4, -0.2) is 27.0 Å². The molecule has 5 rings (SSSR count). The zero-order valence-electron chi connectivity index (χ0n) is 20.0. The maximum Gasteiger partial charge on any atom is 0.260 e. The maximum atomic E-state index is 13.1. The number of benzene rings is 2. The molecule has 3 N–H and O–H groups in total. The molecular weight excluding hydrogens is 492 g/mol. The van der Waals surface area contributed by atoms with Crippen molar-refractivity contribution >= 4 is 56.5 Å². The lowest BCUT2D eigenvalue weighted by atomic mass is 9.89. The number of carbonyl (C=O) groups is 2. The number of aryl methyl sites for hydroxylation is 2. The molecule has 9 heteroatoms. The van der Waals surface area contributed by atoms with Crippen molar-refractivity contribution in [2.24, 2.45) is 0 Å². The van der Waals surface area contributed by atoms with E-state index >= 15 is 0 Å². The maximum absolute atomic E-state index is 13.1. The van der Waals surface area contributed by atoms with Crippen LogP contribution in [-0.2, 0) is 22.4 Å². The minimum Gasteiger partial charge on any atom is -0.326 e. The average Bonchev–Trinajstić information content (AvgIpc) is 3.29. The number of anilines is 2. The number of carbonyl (C=O) groups excluding carboxylic acids is 2. The van der Waals surface area contributed by atoms with Gasteiger partial charge in [0.1, 0.15) is 4.83 Å². The normalized spacial score (nSPS) is 13.7. The third kappa shape index (κ3) is 5.22. The van der Waals surface area contributed by atoms with Crippen LogP contribution in [0.4, 0.5) is 11.4 Å². The Balaban J connectivity index is 1.31. The zero-order valence-corrected chi connectivity index (χ0v) is 21.6. The summed E-state index contributed by atoms with van der Waals surface area (Å²) in [7, 11) is 0. The lowest BCUT2D eigenvalue weighted by molar-refractivity contribution is -0.115. The first kappa shape index (κ1) is 24.3. The predicted octanol–water partition coefficient (Wildman–Crippen LogP) is 5.61. The van der Waals surface area contributed by atoms with Crippen molar-refractivity contribution in [1.29, 1.82) is 0 Å². The van der Waals surface area contributed by atoms with Crippen molar-refractivity contribution in [3.8, 4) is 11.1 Å². The van der Waals surface area contributed by atoms with Crippen LogP contribution >= 0.6 is 23.1 Å². The molecule has 0 fully saturated rings. The highest BCUT2D eigenvalue weighted by Crippen LogP contribution is 2.34. The van der Waals surface area contributed by atoms with E-state index in [4.69, 9.17) is 0 Å². The number of amides is 2. The standard InChI is InChI=1S/C27H26N4O3S2/c1-15(24(33)29-21-11-9-20(10-12-21)28-16(2)32)36-27-30-25(34)23-22(14-35-26(23)31-27)19-8-7-17-5-3-4-6-18(17)13-19/h7-15H,3-6H2,1-2H3,(H,28,32)(H,29,33)(H,30,31,34). The Kier molecular flexibility index (Phi) is 6.93. The molecule has 0 spiro atoms. The third-order valence-electron chi connectivity index (χ3n) is 6.21. The lowest BCUT2D eigenvalue weighted by Crippen LogP contribution is -2.23. The van der Waals surface area contributed by atoms with Gasteiger partial charge in [0, 0.05) is 29.2 Å². The number of aromatic amines is 1. The smallest absolute Gasteiger partial charge is 0.260 e. The Hall–Kier alpha value is -3.43. The molecular formula is C27H26N4O3S2. The van der Waals surface area contributed by atoms with Crippen LogP contribution < -0.4 is 16.2 Å². The Morgan fingerprint density at radius 2 is 1.72 bits per heavy atom. The van der Waals surface area contributed by atoms with Crippen molar-refractivity contribution in [3.63, 3.8) is 0 Å². The van der Waals surface area contributed by atoms with Crippen LogP contribution in [0.15, 0.2) is 57.8 Å². The molecule has 2 amide bonds. The summed E-state index contributed by atoms with van der Waals surface area (Å²) in [6.07, 6.45) is 4.65. The fourth-order valence-electron chi connectivity index (χ4n) is 4.40. The summed E-state index contributed by atoms with van der Waals surface area (Å²) in [6.45, 7) is 3.21. The molecule has 1 aliphatic rings. The van der Waals surface area contributed by atoms with Crippen molar-refractivity contribution in [2.45, 2.75) is 49.9 Å². The second-order valence-electron chi connectivity index (χ2n) is 8.90. The van der Waals surface area contributed by atoms with Gasteiger partial charge in [0.2, 0.25) is 11.8 Å². The molecule has 1 atom stereocenters. The monoisotopic (exact) mass is 518 g/mol. The Labute approximate surface area is 216 Å². The van der Waals surface area contributed by atoms with Gasteiger partial charge in [-0.1, -0.05) is 30.0 Å². The highest BCUT2D eigenvalue weighted by Gasteiger charge is 2.19. The van der Waals surface area contributed by atoms with Gasteiger partial charge >= 0.3 is 0 Å². The number of rotatable bonds is 6. The number of thioether (sulfide) groups is 1. The van der Waals surface area contributed by atoms with Crippen molar-refractivity contribution in [2.75, 3.05) is 10.6 Å². The molecule has 2 aromatic heterocycles. The number of thiophene rings is 1. The first-order chi connectivity index (χ1) is 17.4. The molecule has 2 heterocycles. The molecule has 184 valence electrons. The van der Waals surface area contributed by atoms with Crippen LogP contribution in [0, 0.1) is 0 Å². The number of hydrogen-bond acceptors (Lipinski definition) is 6. The minimum absolute atomic E-state index is 0.157. The van der Waals surface area contributed by atoms with Gasteiger partial charge in [-0.2, -0.15) is 0 Å². The molecule has 2 aromatic carbocycles. The SMILES string of the molecule is CC(=O)Nc1ccc(NC(=O)C(C)Sc2nc3scc(-c4ccc5c(c4)CCCC5)c3c(=O)[nH]2)cc1. The Morgan fingerprint density at radius 3 is 2.44 bits per heavy atom. The van der Waals surface area contributed by atoms with Gasteiger partial charge in [-0.15, -0.1) is 11.3 Å². The van der Waals surface area contributed by atoms with E-state index in [0.29, 0.717) is 26.7 Å². The van der Waals surface area contributed by atoms with Gasteiger partial charge in [-0.05, 0) is 73.6 Å². The van der Waals surface area contributed by atoms with Gasteiger partial charge in [-0.3, -0.25) is 14.4 Å². The topological polar surface area (TPSA) is 104 Å². The van der Waals surface area contributed by atoms with Gasteiger partial charge in [0.25, 0.3) is 5.56 Å². The van der Waals surface area contributed by atoms with Gasteiger partial charge in [0.05, 0.1) is 10.6 Å². The van der Waals surface area contributed by atoms with Crippen LogP contribution in [0.3, 0.4) is 0 Å². The number of nitrogens with one attached hydrogen (secondary N) is 3. The Morgan fingerprint density at radius 1 is 1.03 bits per heavy atom. The molecule has 0 radical (unpaired) electrons. The highest BCUT2D eigenvalue weighted by atomic mass is 32.2. The molecule has 36 heavy (non-hydrogen) atoms. The zero-order chi connectivity index (χ0) is 25.2. The van der Waals surface area contributed by atoms with E-state index in [9.17, 15) is 14.4 Å². The van der Waals surface area contributed by atoms with E-state index in [1.54, 1.807) is 31.2 Å². The van der Waals surface area contributed by atoms with Crippen LogP contribution in [0.1, 0.15) is 37.8 Å². The molecule has 7 nitrogen and oxygen atoms in total. The van der Waals surface area contributed by atoms with E-state index in [-0.39, 0.29) is 17.4 Å². The first-order valence-corrected chi connectivity index (χ1v) is 13.6. The summed E-state index contributed by atoms with van der Waals surface area (Å²) in [5.41, 5.74) is 5.81. The second kappa shape index (κ2) is 10.3. The Bertz CT molecular complexity index is 1510. The molecule has 1 aliphatic carbocycles. The van der Waals surface area contributed by atoms with E-state index in [2.05, 4.69) is 38.8 Å². The van der Waals surface area contributed by atoms with E-state index in [0.717, 1.165) is 24.0 Å². The summed E-state index contributed by atoms with van der Waals surface area (Å²) in [5.74, 6) is -0.369. The van der Waals surface area contributed by atoms with Crippen molar-refractivity contribution in [3.05, 3.63) is 69.3 Å². The van der Waals surface area contributed by atoms with Crippen LogP contribution in [0.2, 0.25) is 0 Å². The molecule has 4 aromatic rings. The van der Waals surface area contributed by atoms with Crippen LogP contribution in [0.5, 0.6) is 0 Å². The van der Waals surface area contributed by atoms with E-state index in [1.165, 1.54) is 54.0 Å². The molecule has 0 saturated carbocycles. The fourth-order valence-corrected chi connectivity index (χ4v) is 6.21. The lowest BCUT2D eigenvalue weighted by Gasteiger charge is -2.16. The molecule has 0 bridgehead atoms. The largest absolute Gasteiger partial charge is 0.326 e. The quantitative estimate of drug-likeness (QED) is 0.227. The second-order valence-corrected chi connectivity index (χ2v) is 11.1. The average molecular weight is 519 g/mol. The van der Waals surface area contributed by atoms with Crippen molar-refractivity contribution < 1.29 is 9.59 Å². The van der Waals surface area contributed by atoms with Gasteiger partial charge < -0.3 is 15.6 Å². The van der Waals surface area contributed by atoms with E-state index in [1.807, 2.05) is 5.38 Å². The highest BCUT2D eigenvalue weighted by molar-refractivity contribution is 8.00. The van der Waals surface area contributed by atoms with Crippen molar-refractivity contribution in [1.82, 2.24) is 9.97 Å². The summed E-state index contributed by atoms with van der Waals surface area (Å²) in [6, 6.07) is 13.4. The predicted molar refractivity (Wildman–Crippen MR) is 147 cm³/mol. The fraction of sp³-hybridized carbons (Fsp3) is 0.259.